The molecule has 0 unspecified atom stereocenters. The Balaban J connectivity index is 0.000000137. The second kappa shape index (κ2) is 6.62. The Morgan fingerprint density at radius 3 is 1.56 bits per heavy atom. The third-order valence-corrected chi connectivity index (χ3v) is 5.06. The van der Waals surface area contributed by atoms with Gasteiger partial charge < -0.3 is 4.98 Å². The van der Waals surface area contributed by atoms with Crippen molar-refractivity contribution in [1.29, 1.82) is 0 Å². The molecule has 0 atom stereocenters. The van der Waals surface area contributed by atoms with Crippen molar-refractivity contribution in [3.63, 3.8) is 0 Å². The van der Waals surface area contributed by atoms with Crippen LogP contribution < -0.4 is 0 Å². The molecule has 1 nitrogen and oxygen atoms in total. The molecule has 0 bridgehead atoms. The molecule has 6 aromatic rings. The van der Waals surface area contributed by atoms with Gasteiger partial charge in [0.05, 0.1) is 5.52 Å². The fraction of sp³-hybridized carbons (Fsp3) is 0. The van der Waals surface area contributed by atoms with Crippen LogP contribution in [0, 0.1) is 0 Å². The fourth-order valence-corrected chi connectivity index (χ4v) is 3.73. The summed E-state index contributed by atoms with van der Waals surface area (Å²) in [6.45, 7) is 0. The molecular formula is C26H19N. The van der Waals surface area contributed by atoms with Crippen LogP contribution in [0.5, 0.6) is 0 Å². The van der Waals surface area contributed by atoms with Crippen LogP contribution in [0.2, 0.25) is 0 Å². The maximum Gasteiger partial charge on any atom is 0.0544 e. The highest BCUT2D eigenvalue weighted by molar-refractivity contribution is 6.16. The summed E-state index contributed by atoms with van der Waals surface area (Å²) in [6, 6.07) is 38.1. The standard InChI is InChI=1S/C16H11N.C10H8/c1-2-6-12-11(5-1)9-10-14-13-7-3-4-8-15(13)17-16(12)14;1-2-6-10-8-4-3-7-9(10)5-1/h1-10,17H;1-8H. The molecule has 0 spiro atoms. The molecule has 0 aliphatic heterocycles. The molecule has 1 heteroatoms. The molecule has 1 aromatic heterocycles. The van der Waals surface area contributed by atoms with Gasteiger partial charge in [-0.15, -0.1) is 0 Å². The molecule has 0 aliphatic rings. The average molecular weight is 345 g/mol. The van der Waals surface area contributed by atoms with Gasteiger partial charge in [-0.25, -0.2) is 0 Å². The number of hydrogen-bond donors (Lipinski definition) is 1. The topological polar surface area (TPSA) is 15.8 Å². The lowest BCUT2D eigenvalue weighted by molar-refractivity contribution is 1.56. The van der Waals surface area contributed by atoms with E-state index in [0.717, 1.165) is 0 Å². The largest absolute Gasteiger partial charge is 0.354 e. The van der Waals surface area contributed by atoms with Crippen LogP contribution in [0.1, 0.15) is 0 Å². The van der Waals surface area contributed by atoms with Crippen LogP contribution in [0.3, 0.4) is 0 Å². The summed E-state index contributed by atoms with van der Waals surface area (Å²) >= 11 is 0. The van der Waals surface area contributed by atoms with Crippen LogP contribution in [-0.2, 0) is 0 Å². The Morgan fingerprint density at radius 1 is 0.370 bits per heavy atom. The number of hydrogen-bond acceptors (Lipinski definition) is 0. The SMILES string of the molecule is c1ccc2c(c1)ccc1c3ccccc3[nH]c21.c1ccc2ccccc2c1. The molecule has 128 valence electrons. The predicted octanol–water partition coefficient (Wildman–Crippen LogP) is 7.31. The van der Waals surface area contributed by atoms with E-state index in [2.05, 4.69) is 114 Å². The van der Waals surface area contributed by atoms with Crippen molar-refractivity contribution < 1.29 is 0 Å². The normalized spacial score (nSPS) is 11.0. The molecule has 6 rings (SSSR count). The Bertz CT molecular complexity index is 1310. The van der Waals surface area contributed by atoms with Crippen molar-refractivity contribution in [3.05, 3.63) is 109 Å². The second-order valence-electron chi connectivity index (χ2n) is 6.73. The first-order valence-corrected chi connectivity index (χ1v) is 9.22. The molecule has 0 fully saturated rings. The van der Waals surface area contributed by atoms with Gasteiger partial charge in [-0.1, -0.05) is 103 Å². The van der Waals surface area contributed by atoms with Gasteiger partial charge in [0.15, 0.2) is 0 Å². The van der Waals surface area contributed by atoms with Crippen LogP contribution in [-0.4, -0.2) is 4.98 Å². The molecule has 0 radical (unpaired) electrons. The molecule has 0 saturated heterocycles. The Labute approximate surface area is 157 Å². The summed E-state index contributed by atoms with van der Waals surface area (Å²) in [5.41, 5.74) is 2.45. The van der Waals surface area contributed by atoms with Gasteiger partial charge in [0.2, 0.25) is 0 Å². The average Bonchev–Trinajstić information content (AvgIpc) is 3.14. The van der Waals surface area contributed by atoms with Crippen molar-refractivity contribution in [2.75, 3.05) is 0 Å². The number of para-hydroxylation sites is 1. The minimum absolute atomic E-state index is 1.21. The molecule has 0 aliphatic carbocycles. The van der Waals surface area contributed by atoms with E-state index in [1.807, 2.05) is 0 Å². The number of benzene rings is 5. The number of fused-ring (bicyclic) bond motifs is 6. The van der Waals surface area contributed by atoms with E-state index in [0.29, 0.717) is 0 Å². The predicted molar refractivity (Wildman–Crippen MR) is 117 cm³/mol. The second-order valence-corrected chi connectivity index (χ2v) is 6.73. The maximum atomic E-state index is 3.52. The first kappa shape index (κ1) is 15.7. The van der Waals surface area contributed by atoms with Crippen LogP contribution in [0.15, 0.2) is 109 Å². The van der Waals surface area contributed by atoms with Crippen LogP contribution >= 0.6 is 0 Å². The minimum Gasteiger partial charge on any atom is -0.354 e. The number of H-pyrrole nitrogens is 1. The highest BCUT2D eigenvalue weighted by Gasteiger charge is 2.05. The summed E-state index contributed by atoms with van der Waals surface area (Å²) in [5.74, 6) is 0. The van der Waals surface area contributed by atoms with Crippen molar-refractivity contribution in [1.82, 2.24) is 4.98 Å². The summed E-state index contributed by atoms with van der Waals surface area (Å²) in [7, 11) is 0. The van der Waals surface area contributed by atoms with Gasteiger partial charge in [-0.05, 0) is 22.2 Å². The van der Waals surface area contributed by atoms with E-state index in [4.69, 9.17) is 0 Å². The first-order valence-electron chi connectivity index (χ1n) is 9.22. The summed E-state index contributed by atoms with van der Waals surface area (Å²) < 4.78 is 0. The number of aromatic nitrogens is 1. The zero-order valence-corrected chi connectivity index (χ0v) is 14.9. The third-order valence-electron chi connectivity index (χ3n) is 5.06. The van der Waals surface area contributed by atoms with Gasteiger partial charge in [0, 0.05) is 21.7 Å². The van der Waals surface area contributed by atoms with E-state index < -0.39 is 0 Å². The van der Waals surface area contributed by atoms with E-state index in [1.165, 1.54) is 43.4 Å². The summed E-state index contributed by atoms with van der Waals surface area (Å²) in [4.78, 5) is 3.52. The van der Waals surface area contributed by atoms with Crippen molar-refractivity contribution in [2.45, 2.75) is 0 Å². The molecular weight excluding hydrogens is 326 g/mol. The van der Waals surface area contributed by atoms with Gasteiger partial charge in [-0.3, -0.25) is 0 Å². The van der Waals surface area contributed by atoms with E-state index in [9.17, 15) is 0 Å². The molecule has 0 saturated carbocycles. The number of nitrogens with one attached hydrogen (secondary N) is 1. The summed E-state index contributed by atoms with van der Waals surface area (Å²) in [6.07, 6.45) is 0. The quantitative estimate of drug-likeness (QED) is 0.297. The van der Waals surface area contributed by atoms with Gasteiger partial charge >= 0.3 is 0 Å². The van der Waals surface area contributed by atoms with Crippen molar-refractivity contribution in [2.24, 2.45) is 0 Å². The van der Waals surface area contributed by atoms with Crippen molar-refractivity contribution >= 4 is 43.4 Å². The molecule has 0 amide bonds. The minimum atomic E-state index is 1.21. The number of rotatable bonds is 0. The zero-order chi connectivity index (χ0) is 18.1. The smallest absolute Gasteiger partial charge is 0.0544 e. The summed E-state index contributed by atoms with van der Waals surface area (Å²) in [5, 5.41) is 7.80. The highest BCUT2D eigenvalue weighted by Crippen LogP contribution is 2.30. The Kier molecular flexibility index (Phi) is 3.84. The third kappa shape index (κ3) is 2.84. The lowest BCUT2D eigenvalue weighted by atomic mass is 10.1. The van der Waals surface area contributed by atoms with Gasteiger partial charge in [0.25, 0.3) is 0 Å². The Hall–Kier alpha value is -3.58. The maximum absolute atomic E-state index is 3.52. The lowest BCUT2D eigenvalue weighted by Gasteiger charge is -1.98. The van der Waals surface area contributed by atoms with E-state index in [-0.39, 0.29) is 0 Å². The van der Waals surface area contributed by atoms with Gasteiger partial charge in [-0.2, -0.15) is 0 Å². The fourth-order valence-electron chi connectivity index (χ4n) is 3.73. The lowest BCUT2D eigenvalue weighted by Crippen LogP contribution is -1.74. The molecule has 1 heterocycles. The number of aromatic amines is 1. The van der Waals surface area contributed by atoms with Crippen molar-refractivity contribution in [3.8, 4) is 0 Å². The zero-order valence-electron chi connectivity index (χ0n) is 14.9. The van der Waals surface area contributed by atoms with Crippen LogP contribution in [0.25, 0.3) is 43.4 Å². The highest BCUT2D eigenvalue weighted by atomic mass is 14.7. The molecule has 27 heavy (non-hydrogen) atoms. The molecule has 5 aromatic carbocycles. The van der Waals surface area contributed by atoms with E-state index in [1.54, 1.807) is 0 Å². The first-order chi connectivity index (χ1) is 13.4. The molecule has 1 N–H and O–H groups in total. The monoisotopic (exact) mass is 345 g/mol. The van der Waals surface area contributed by atoms with Gasteiger partial charge in [0.1, 0.15) is 0 Å². The van der Waals surface area contributed by atoms with E-state index >= 15 is 0 Å². The Morgan fingerprint density at radius 2 is 0.889 bits per heavy atom. The van der Waals surface area contributed by atoms with Crippen LogP contribution in [0.4, 0.5) is 0 Å².